The zero-order valence-electron chi connectivity index (χ0n) is 11.7. The minimum Gasteiger partial charge on any atom is -0.320 e. The standard InChI is InChI=1S/C16H19ClN2O/c1-11(2)10-19-9-3-4-14(16(19)20)15(18)12-5-7-13(17)8-6-12/h3-9,11,15H,10,18H2,1-2H3. The highest BCUT2D eigenvalue weighted by Crippen LogP contribution is 2.19. The highest BCUT2D eigenvalue weighted by Gasteiger charge is 2.14. The van der Waals surface area contributed by atoms with Crippen molar-refractivity contribution in [2.24, 2.45) is 11.7 Å². The summed E-state index contributed by atoms with van der Waals surface area (Å²) < 4.78 is 1.72. The predicted octanol–water partition coefficient (Wildman–Crippen LogP) is 3.21. The maximum atomic E-state index is 12.4. The first kappa shape index (κ1) is 14.8. The maximum absolute atomic E-state index is 12.4. The van der Waals surface area contributed by atoms with Crippen LogP contribution in [0.5, 0.6) is 0 Å². The molecule has 0 saturated heterocycles. The molecule has 2 rings (SSSR count). The topological polar surface area (TPSA) is 48.0 Å². The van der Waals surface area contributed by atoms with Crippen LogP contribution < -0.4 is 11.3 Å². The number of rotatable bonds is 4. The number of hydrogen-bond donors (Lipinski definition) is 1. The Labute approximate surface area is 124 Å². The molecule has 0 aliphatic heterocycles. The van der Waals surface area contributed by atoms with Gasteiger partial charge < -0.3 is 10.3 Å². The van der Waals surface area contributed by atoms with E-state index in [1.807, 2.05) is 18.2 Å². The molecule has 1 aromatic heterocycles. The molecule has 0 fully saturated rings. The van der Waals surface area contributed by atoms with Crippen molar-refractivity contribution < 1.29 is 0 Å². The number of pyridine rings is 1. The zero-order chi connectivity index (χ0) is 14.7. The molecule has 1 heterocycles. The average molecular weight is 291 g/mol. The lowest BCUT2D eigenvalue weighted by Crippen LogP contribution is -2.29. The van der Waals surface area contributed by atoms with E-state index in [9.17, 15) is 4.79 Å². The van der Waals surface area contributed by atoms with Crippen molar-refractivity contribution in [3.8, 4) is 0 Å². The van der Waals surface area contributed by atoms with Crippen LogP contribution in [0.4, 0.5) is 0 Å². The molecule has 2 aromatic rings. The Balaban J connectivity index is 2.37. The van der Waals surface area contributed by atoms with E-state index in [4.69, 9.17) is 17.3 Å². The molecule has 2 N–H and O–H groups in total. The molecule has 1 atom stereocenters. The number of nitrogens with zero attached hydrogens (tertiary/aromatic N) is 1. The monoisotopic (exact) mass is 290 g/mol. The lowest BCUT2D eigenvalue weighted by molar-refractivity contribution is 0.507. The van der Waals surface area contributed by atoms with E-state index in [0.29, 0.717) is 23.0 Å². The molecular formula is C16H19ClN2O. The lowest BCUT2D eigenvalue weighted by atomic mass is 10.0. The van der Waals surface area contributed by atoms with E-state index >= 15 is 0 Å². The van der Waals surface area contributed by atoms with Crippen LogP contribution in [0.3, 0.4) is 0 Å². The van der Waals surface area contributed by atoms with Gasteiger partial charge in [0, 0.05) is 23.3 Å². The predicted molar refractivity (Wildman–Crippen MR) is 83.0 cm³/mol. The molecule has 0 aliphatic carbocycles. The molecule has 0 radical (unpaired) electrons. The largest absolute Gasteiger partial charge is 0.320 e. The van der Waals surface area contributed by atoms with Crippen molar-refractivity contribution in [1.82, 2.24) is 4.57 Å². The van der Waals surface area contributed by atoms with Gasteiger partial charge in [-0.3, -0.25) is 4.79 Å². The second kappa shape index (κ2) is 6.25. The summed E-state index contributed by atoms with van der Waals surface area (Å²) in [6.45, 7) is 4.86. The molecule has 1 aromatic carbocycles. The second-order valence-corrected chi connectivity index (χ2v) is 5.78. The average Bonchev–Trinajstić information content (AvgIpc) is 2.41. The van der Waals surface area contributed by atoms with Crippen LogP contribution in [0.2, 0.25) is 5.02 Å². The van der Waals surface area contributed by atoms with Crippen LogP contribution >= 0.6 is 11.6 Å². The number of halogens is 1. The van der Waals surface area contributed by atoms with E-state index < -0.39 is 6.04 Å². The van der Waals surface area contributed by atoms with Crippen molar-refractivity contribution in [3.63, 3.8) is 0 Å². The molecule has 4 heteroatoms. The van der Waals surface area contributed by atoms with Crippen molar-refractivity contribution in [1.29, 1.82) is 0 Å². The third-order valence-corrected chi connectivity index (χ3v) is 3.43. The van der Waals surface area contributed by atoms with Crippen molar-refractivity contribution in [3.05, 3.63) is 69.1 Å². The summed E-state index contributed by atoms with van der Waals surface area (Å²) in [4.78, 5) is 12.4. The summed E-state index contributed by atoms with van der Waals surface area (Å²) in [5, 5.41) is 0.659. The van der Waals surface area contributed by atoms with E-state index in [0.717, 1.165) is 5.56 Å². The fourth-order valence-electron chi connectivity index (χ4n) is 2.18. The minimum absolute atomic E-state index is 0.0244. The Morgan fingerprint density at radius 3 is 2.45 bits per heavy atom. The van der Waals surface area contributed by atoms with Gasteiger partial charge >= 0.3 is 0 Å². The smallest absolute Gasteiger partial charge is 0.255 e. The molecule has 0 spiro atoms. The SMILES string of the molecule is CC(C)Cn1cccc(C(N)c2ccc(Cl)cc2)c1=O. The third-order valence-electron chi connectivity index (χ3n) is 3.18. The van der Waals surface area contributed by atoms with Gasteiger partial charge in [0.15, 0.2) is 0 Å². The fourth-order valence-corrected chi connectivity index (χ4v) is 2.30. The molecule has 0 aliphatic rings. The third kappa shape index (κ3) is 3.30. The van der Waals surface area contributed by atoms with Gasteiger partial charge in [-0.2, -0.15) is 0 Å². The van der Waals surface area contributed by atoms with Gasteiger partial charge in [-0.1, -0.05) is 43.6 Å². The van der Waals surface area contributed by atoms with Crippen LogP contribution in [0, 0.1) is 5.92 Å². The summed E-state index contributed by atoms with van der Waals surface area (Å²) in [5.74, 6) is 0.412. The van der Waals surface area contributed by atoms with Crippen molar-refractivity contribution in [2.45, 2.75) is 26.4 Å². The van der Waals surface area contributed by atoms with Gasteiger partial charge in [0.1, 0.15) is 0 Å². The number of hydrogen-bond acceptors (Lipinski definition) is 2. The Hall–Kier alpha value is -1.58. The number of aromatic nitrogens is 1. The maximum Gasteiger partial charge on any atom is 0.255 e. The zero-order valence-corrected chi connectivity index (χ0v) is 12.5. The van der Waals surface area contributed by atoms with Crippen LogP contribution in [0.1, 0.15) is 31.0 Å². The number of benzene rings is 1. The van der Waals surface area contributed by atoms with Gasteiger partial charge in [-0.15, -0.1) is 0 Å². The van der Waals surface area contributed by atoms with Crippen LogP contribution in [0.15, 0.2) is 47.4 Å². The summed E-state index contributed by atoms with van der Waals surface area (Å²) in [6, 6.07) is 10.5. The van der Waals surface area contributed by atoms with Crippen LogP contribution in [0.25, 0.3) is 0 Å². The van der Waals surface area contributed by atoms with Crippen LogP contribution in [-0.4, -0.2) is 4.57 Å². The summed E-state index contributed by atoms with van der Waals surface area (Å²) in [7, 11) is 0. The molecule has 1 unspecified atom stereocenters. The van der Waals surface area contributed by atoms with Gasteiger partial charge in [0.25, 0.3) is 5.56 Å². The minimum atomic E-state index is -0.431. The molecule has 0 bridgehead atoms. The first-order chi connectivity index (χ1) is 9.49. The van der Waals surface area contributed by atoms with Gasteiger partial charge in [0.2, 0.25) is 0 Å². The number of nitrogens with two attached hydrogens (primary N) is 1. The highest BCUT2D eigenvalue weighted by molar-refractivity contribution is 6.30. The fraction of sp³-hybridized carbons (Fsp3) is 0.312. The molecule has 20 heavy (non-hydrogen) atoms. The summed E-state index contributed by atoms with van der Waals surface area (Å²) in [5.41, 5.74) is 7.68. The van der Waals surface area contributed by atoms with E-state index in [2.05, 4.69) is 13.8 Å². The lowest BCUT2D eigenvalue weighted by Gasteiger charge is -2.15. The normalized spacial score (nSPS) is 12.7. The van der Waals surface area contributed by atoms with Crippen molar-refractivity contribution >= 4 is 11.6 Å². The van der Waals surface area contributed by atoms with Crippen LogP contribution in [-0.2, 0) is 6.54 Å². The molecule has 0 saturated carbocycles. The second-order valence-electron chi connectivity index (χ2n) is 5.34. The van der Waals surface area contributed by atoms with Crippen molar-refractivity contribution in [2.75, 3.05) is 0 Å². The quantitative estimate of drug-likeness (QED) is 0.940. The molecular weight excluding hydrogens is 272 g/mol. The Kier molecular flexibility index (Phi) is 4.63. The molecule has 106 valence electrons. The summed E-state index contributed by atoms with van der Waals surface area (Å²) in [6.07, 6.45) is 1.81. The summed E-state index contributed by atoms with van der Waals surface area (Å²) >= 11 is 5.87. The first-order valence-electron chi connectivity index (χ1n) is 6.69. The van der Waals surface area contributed by atoms with E-state index in [-0.39, 0.29) is 5.56 Å². The van der Waals surface area contributed by atoms with E-state index in [1.54, 1.807) is 29.0 Å². The molecule has 3 nitrogen and oxygen atoms in total. The van der Waals surface area contributed by atoms with E-state index in [1.165, 1.54) is 0 Å². The van der Waals surface area contributed by atoms with Gasteiger partial charge in [-0.05, 0) is 29.7 Å². The van der Waals surface area contributed by atoms with Gasteiger partial charge in [-0.25, -0.2) is 0 Å². The van der Waals surface area contributed by atoms with Gasteiger partial charge in [0.05, 0.1) is 6.04 Å². The Morgan fingerprint density at radius 2 is 1.85 bits per heavy atom. The first-order valence-corrected chi connectivity index (χ1v) is 7.07. The highest BCUT2D eigenvalue weighted by atomic mass is 35.5. The molecule has 0 amide bonds. The Bertz CT molecular complexity index is 632. The Morgan fingerprint density at radius 1 is 1.20 bits per heavy atom.